The zero-order chi connectivity index (χ0) is 19.1. The third kappa shape index (κ3) is 4.64. The first-order chi connectivity index (χ1) is 12.5. The first-order valence-corrected chi connectivity index (χ1v) is 9.32. The largest absolute Gasteiger partial charge is 0.493 e. The van der Waals surface area contributed by atoms with Crippen molar-refractivity contribution in [2.45, 2.75) is 40.0 Å². The van der Waals surface area contributed by atoms with Gasteiger partial charge in [-0.1, -0.05) is 20.8 Å². The van der Waals surface area contributed by atoms with Crippen molar-refractivity contribution in [3.05, 3.63) is 39.8 Å². The van der Waals surface area contributed by atoms with E-state index in [0.29, 0.717) is 47.8 Å². The molecule has 0 saturated heterocycles. The lowest BCUT2D eigenvalue weighted by atomic mass is 10.1. The zero-order valence-electron chi connectivity index (χ0n) is 15.3. The van der Waals surface area contributed by atoms with Crippen LogP contribution < -0.4 is 15.6 Å². The standard InChI is InChI=1S/C19H24ClN3O3/c1-4-9-26-16-8-7-12(21-17(24)11-20)10-14(16)18-22-15(6-3)13(5-2)19(25)23-18/h7-8,10H,4-6,9,11H2,1-3H3,(H,21,24)(H,22,23,25). The number of nitrogens with one attached hydrogen (secondary N) is 2. The van der Waals surface area contributed by atoms with E-state index in [1.54, 1.807) is 18.2 Å². The highest BCUT2D eigenvalue weighted by molar-refractivity contribution is 6.29. The molecule has 0 aliphatic rings. The molecular weight excluding hydrogens is 354 g/mol. The average molecular weight is 378 g/mol. The quantitative estimate of drug-likeness (QED) is 0.689. The van der Waals surface area contributed by atoms with E-state index < -0.39 is 0 Å². The number of ether oxygens (including phenoxy) is 1. The molecule has 0 fully saturated rings. The van der Waals surface area contributed by atoms with E-state index in [1.807, 2.05) is 20.8 Å². The van der Waals surface area contributed by atoms with Crippen LogP contribution in [0.4, 0.5) is 5.69 Å². The number of alkyl halides is 1. The molecule has 0 atom stereocenters. The Morgan fingerprint density at radius 1 is 1.27 bits per heavy atom. The van der Waals surface area contributed by atoms with Gasteiger partial charge in [0.15, 0.2) is 0 Å². The molecule has 1 aromatic carbocycles. The van der Waals surface area contributed by atoms with Gasteiger partial charge in [-0.05, 0) is 37.5 Å². The Morgan fingerprint density at radius 2 is 2.04 bits per heavy atom. The van der Waals surface area contributed by atoms with Crippen molar-refractivity contribution in [1.82, 2.24) is 9.97 Å². The fourth-order valence-electron chi connectivity index (χ4n) is 2.65. The molecular formula is C19H24ClN3O3. The van der Waals surface area contributed by atoms with Crippen molar-refractivity contribution in [3.8, 4) is 17.1 Å². The summed E-state index contributed by atoms with van der Waals surface area (Å²) in [5.74, 6) is 0.586. The average Bonchev–Trinajstić information content (AvgIpc) is 2.65. The van der Waals surface area contributed by atoms with Crippen LogP contribution in [0.1, 0.15) is 38.4 Å². The van der Waals surface area contributed by atoms with Gasteiger partial charge in [0.2, 0.25) is 5.91 Å². The molecule has 0 aliphatic carbocycles. The molecule has 6 nitrogen and oxygen atoms in total. The van der Waals surface area contributed by atoms with Gasteiger partial charge in [-0.15, -0.1) is 11.6 Å². The van der Waals surface area contributed by atoms with Gasteiger partial charge in [0, 0.05) is 11.3 Å². The summed E-state index contributed by atoms with van der Waals surface area (Å²) >= 11 is 5.56. The van der Waals surface area contributed by atoms with Gasteiger partial charge < -0.3 is 15.0 Å². The number of H-pyrrole nitrogens is 1. The highest BCUT2D eigenvalue weighted by Crippen LogP contribution is 2.31. The summed E-state index contributed by atoms with van der Waals surface area (Å²) in [7, 11) is 0. The van der Waals surface area contributed by atoms with Crippen LogP contribution in [0.3, 0.4) is 0 Å². The number of benzene rings is 1. The van der Waals surface area contributed by atoms with Crippen LogP contribution in [-0.4, -0.2) is 28.4 Å². The lowest BCUT2D eigenvalue weighted by Crippen LogP contribution is -2.18. The monoisotopic (exact) mass is 377 g/mol. The van der Waals surface area contributed by atoms with E-state index in [1.165, 1.54) is 0 Å². The summed E-state index contributed by atoms with van der Waals surface area (Å²) < 4.78 is 5.80. The minimum Gasteiger partial charge on any atom is -0.493 e. The zero-order valence-corrected chi connectivity index (χ0v) is 16.1. The normalized spacial score (nSPS) is 10.6. The summed E-state index contributed by atoms with van der Waals surface area (Å²) in [4.78, 5) is 31.5. The van der Waals surface area contributed by atoms with Gasteiger partial charge >= 0.3 is 0 Å². The molecule has 2 rings (SSSR count). The topological polar surface area (TPSA) is 84.1 Å². The molecule has 140 valence electrons. The third-order valence-corrected chi connectivity index (χ3v) is 4.13. The molecule has 1 heterocycles. The lowest BCUT2D eigenvalue weighted by Gasteiger charge is -2.14. The molecule has 0 radical (unpaired) electrons. The van der Waals surface area contributed by atoms with Gasteiger partial charge in [0.05, 0.1) is 17.9 Å². The van der Waals surface area contributed by atoms with Crippen LogP contribution in [0.15, 0.2) is 23.0 Å². The van der Waals surface area contributed by atoms with E-state index in [9.17, 15) is 9.59 Å². The summed E-state index contributed by atoms with van der Waals surface area (Å²) in [6.07, 6.45) is 2.13. The Kier molecular flexibility index (Phi) is 7.21. The van der Waals surface area contributed by atoms with E-state index in [2.05, 4.69) is 15.3 Å². The van der Waals surface area contributed by atoms with Crippen molar-refractivity contribution < 1.29 is 9.53 Å². The van der Waals surface area contributed by atoms with Crippen LogP contribution in [0.25, 0.3) is 11.4 Å². The molecule has 1 amide bonds. The van der Waals surface area contributed by atoms with Crippen LogP contribution in [0, 0.1) is 0 Å². The van der Waals surface area contributed by atoms with Crippen molar-refractivity contribution >= 4 is 23.2 Å². The number of rotatable bonds is 8. The number of carbonyl (C=O) groups is 1. The van der Waals surface area contributed by atoms with Crippen LogP contribution in [-0.2, 0) is 17.6 Å². The fraction of sp³-hybridized carbons (Fsp3) is 0.421. The second-order valence-electron chi connectivity index (χ2n) is 5.79. The maximum atomic E-state index is 12.4. The summed E-state index contributed by atoms with van der Waals surface area (Å²) in [5.41, 5.74) is 2.50. The Bertz CT molecular complexity index is 833. The second kappa shape index (κ2) is 9.38. The highest BCUT2D eigenvalue weighted by Gasteiger charge is 2.15. The predicted octanol–water partition coefficient (Wildman–Crippen LogP) is 3.53. The van der Waals surface area contributed by atoms with Gasteiger partial charge in [-0.3, -0.25) is 9.59 Å². The van der Waals surface area contributed by atoms with Crippen molar-refractivity contribution in [2.75, 3.05) is 17.8 Å². The number of anilines is 1. The van der Waals surface area contributed by atoms with Crippen LogP contribution in [0.5, 0.6) is 5.75 Å². The number of amides is 1. The van der Waals surface area contributed by atoms with E-state index in [4.69, 9.17) is 16.3 Å². The summed E-state index contributed by atoms with van der Waals surface area (Å²) in [6, 6.07) is 5.23. The molecule has 0 aliphatic heterocycles. The van der Waals surface area contributed by atoms with Gasteiger partial charge in [-0.2, -0.15) is 0 Å². The van der Waals surface area contributed by atoms with E-state index in [-0.39, 0.29) is 17.3 Å². The first-order valence-electron chi connectivity index (χ1n) is 8.79. The molecule has 2 aromatic rings. The highest BCUT2D eigenvalue weighted by atomic mass is 35.5. The van der Waals surface area contributed by atoms with Crippen LogP contribution in [0.2, 0.25) is 0 Å². The Balaban J connectivity index is 2.57. The Labute approximate surface area is 158 Å². The maximum absolute atomic E-state index is 12.4. The third-order valence-electron chi connectivity index (χ3n) is 3.89. The van der Waals surface area contributed by atoms with E-state index >= 15 is 0 Å². The number of hydrogen-bond donors (Lipinski definition) is 2. The smallest absolute Gasteiger partial charge is 0.254 e. The number of aromatic amines is 1. The number of aromatic nitrogens is 2. The number of halogens is 1. The Morgan fingerprint density at radius 3 is 2.65 bits per heavy atom. The second-order valence-corrected chi connectivity index (χ2v) is 6.06. The Hall–Kier alpha value is -2.34. The van der Waals surface area contributed by atoms with Crippen LogP contribution >= 0.6 is 11.6 Å². The molecule has 0 saturated carbocycles. The summed E-state index contributed by atoms with van der Waals surface area (Å²) in [6.45, 7) is 6.46. The number of carbonyl (C=O) groups excluding carboxylic acids is 1. The molecule has 0 spiro atoms. The fourth-order valence-corrected chi connectivity index (χ4v) is 2.72. The van der Waals surface area contributed by atoms with Gasteiger partial charge in [0.1, 0.15) is 17.5 Å². The number of hydrogen-bond acceptors (Lipinski definition) is 4. The van der Waals surface area contributed by atoms with Crippen molar-refractivity contribution in [1.29, 1.82) is 0 Å². The predicted molar refractivity (Wildman–Crippen MR) is 104 cm³/mol. The maximum Gasteiger partial charge on any atom is 0.254 e. The first kappa shape index (κ1) is 20.0. The number of aryl methyl sites for hydroxylation is 1. The van der Waals surface area contributed by atoms with E-state index in [0.717, 1.165) is 12.1 Å². The van der Waals surface area contributed by atoms with Gasteiger partial charge in [-0.25, -0.2) is 4.98 Å². The molecule has 1 aromatic heterocycles. The minimum atomic E-state index is -0.308. The molecule has 0 bridgehead atoms. The molecule has 7 heteroatoms. The molecule has 0 unspecified atom stereocenters. The lowest BCUT2D eigenvalue weighted by molar-refractivity contribution is -0.113. The molecule has 2 N–H and O–H groups in total. The van der Waals surface area contributed by atoms with Gasteiger partial charge in [0.25, 0.3) is 5.56 Å². The van der Waals surface area contributed by atoms with Crippen molar-refractivity contribution in [3.63, 3.8) is 0 Å². The summed E-state index contributed by atoms with van der Waals surface area (Å²) in [5, 5.41) is 2.70. The SMILES string of the molecule is CCCOc1ccc(NC(=O)CCl)cc1-c1nc(CC)c(CC)c(=O)[nH]1. The minimum absolute atomic E-state index is 0.135. The number of nitrogens with zero attached hydrogens (tertiary/aromatic N) is 1. The molecule has 26 heavy (non-hydrogen) atoms. The van der Waals surface area contributed by atoms with Crippen molar-refractivity contribution in [2.24, 2.45) is 0 Å².